The summed E-state index contributed by atoms with van der Waals surface area (Å²) in [4.78, 5) is 2.71. The minimum Gasteiger partial charge on any atom is -0.377 e. The molecule has 2 aliphatic heterocycles. The van der Waals surface area contributed by atoms with Gasteiger partial charge in [0.1, 0.15) is 0 Å². The van der Waals surface area contributed by atoms with Gasteiger partial charge >= 0.3 is 0 Å². The van der Waals surface area contributed by atoms with E-state index in [1.54, 1.807) is 0 Å². The van der Waals surface area contributed by atoms with Crippen molar-refractivity contribution in [3.63, 3.8) is 0 Å². The molecule has 0 saturated carbocycles. The van der Waals surface area contributed by atoms with Crippen LogP contribution in [0.4, 0.5) is 0 Å². The van der Waals surface area contributed by atoms with Crippen LogP contribution in [0.3, 0.4) is 0 Å². The van der Waals surface area contributed by atoms with Gasteiger partial charge in [0.25, 0.3) is 0 Å². The highest BCUT2D eigenvalue weighted by atomic mass is 16.5. The van der Waals surface area contributed by atoms with Gasteiger partial charge in [0, 0.05) is 5.54 Å². The van der Waals surface area contributed by atoms with E-state index in [0.29, 0.717) is 17.1 Å². The number of hydrogen-bond acceptors (Lipinski definition) is 2. The van der Waals surface area contributed by atoms with E-state index in [9.17, 15) is 0 Å². The van der Waals surface area contributed by atoms with Gasteiger partial charge in [0.2, 0.25) is 0 Å². The summed E-state index contributed by atoms with van der Waals surface area (Å²) in [7, 11) is 0. The third kappa shape index (κ3) is 2.39. The van der Waals surface area contributed by atoms with Gasteiger partial charge in [-0.25, -0.2) is 0 Å². The Morgan fingerprint density at radius 1 is 1.29 bits per heavy atom. The summed E-state index contributed by atoms with van der Waals surface area (Å²) in [5, 5.41) is 0. The predicted molar refractivity (Wildman–Crippen MR) is 72.2 cm³/mol. The van der Waals surface area contributed by atoms with Crippen molar-refractivity contribution in [2.45, 2.75) is 65.5 Å². The van der Waals surface area contributed by atoms with Crippen molar-refractivity contribution in [2.24, 2.45) is 11.3 Å². The van der Waals surface area contributed by atoms with Crippen LogP contribution in [0.2, 0.25) is 0 Å². The van der Waals surface area contributed by atoms with Gasteiger partial charge in [0.05, 0.1) is 12.7 Å². The van der Waals surface area contributed by atoms with Gasteiger partial charge in [-0.05, 0) is 57.5 Å². The number of nitrogens with zero attached hydrogens (tertiary/aromatic N) is 1. The Morgan fingerprint density at radius 3 is 2.59 bits per heavy atom. The quantitative estimate of drug-likeness (QED) is 0.749. The smallest absolute Gasteiger partial charge is 0.0656 e. The van der Waals surface area contributed by atoms with Gasteiger partial charge in [-0.3, -0.25) is 4.90 Å². The second-order valence-electron chi connectivity index (χ2n) is 7.26. The molecule has 2 heteroatoms. The molecule has 0 aliphatic carbocycles. The maximum atomic E-state index is 6.01. The van der Waals surface area contributed by atoms with Crippen LogP contribution in [-0.2, 0) is 4.74 Å². The van der Waals surface area contributed by atoms with Gasteiger partial charge in [-0.2, -0.15) is 0 Å². The highest BCUT2D eigenvalue weighted by Crippen LogP contribution is 2.50. The number of hydrogen-bond donors (Lipinski definition) is 0. The zero-order chi connectivity index (χ0) is 12.7. The van der Waals surface area contributed by atoms with Crippen LogP contribution in [0, 0.1) is 11.3 Å². The fourth-order valence-electron chi connectivity index (χ4n) is 4.05. The Balaban J connectivity index is 2.17. The standard InChI is InChI=1S/C15H29NO/c1-12(2)17-11-15-8-6-9-16(15)10-7-13(15)14(3,4)5/h12-13H,6-11H2,1-5H3. The van der Waals surface area contributed by atoms with Crippen LogP contribution < -0.4 is 0 Å². The van der Waals surface area contributed by atoms with Crippen LogP contribution in [0.25, 0.3) is 0 Å². The lowest BCUT2D eigenvalue weighted by Gasteiger charge is -2.43. The van der Waals surface area contributed by atoms with Crippen molar-refractivity contribution in [1.82, 2.24) is 4.90 Å². The van der Waals surface area contributed by atoms with Gasteiger partial charge in [0.15, 0.2) is 0 Å². The van der Waals surface area contributed by atoms with E-state index in [1.807, 2.05) is 0 Å². The molecule has 0 aromatic rings. The summed E-state index contributed by atoms with van der Waals surface area (Å²) >= 11 is 0. The Labute approximate surface area is 107 Å². The van der Waals surface area contributed by atoms with Crippen molar-refractivity contribution in [1.29, 1.82) is 0 Å². The molecule has 0 radical (unpaired) electrons. The molecule has 100 valence electrons. The van der Waals surface area contributed by atoms with E-state index in [4.69, 9.17) is 4.74 Å². The van der Waals surface area contributed by atoms with E-state index in [-0.39, 0.29) is 0 Å². The van der Waals surface area contributed by atoms with Gasteiger partial charge in [-0.15, -0.1) is 0 Å². The third-order valence-corrected chi connectivity index (χ3v) is 4.72. The average Bonchev–Trinajstić information content (AvgIpc) is 2.69. The predicted octanol–water partition coefficient (Wildman–Crippen LogP) is 3.31. The highest BCUT2D eigenvalue weighted by Gasteiger charge is 2.54. The molecule has 2 unspecified atom stereocenters. The Morgan fingerprint density at radius 2 is 2.00 bits per heavy atom. The Hall–Kier alpha value is -0.0800. The van der Waals surface area contributed by atoms with E-state index in [0.717, 1.165) is 12.5 Å². The normalized spacial score (nSPS) is 34.6. The summed E-state index contributed by atoms with van der Waals surface area (Å²) in [5.41, 5.74) is 0.752. The molecule has 0 spiro atoms. The molecule has 0 aromatic carbocycles. The molecule has 0 N–H and O–H groups in total. The zero-order valence-corrected chi connectivity index (χ0v) is 12.3. The first-order chi connectivity index (χ1) is 7.86. The summed E-state index contributed by atoms with van der Waals surface area (Å²) in [5.74, 6) is 0.788. The average molecular weight is 239 g/mol. The minimum absolute atomic E-state index is 0.350. The van der Waals surface area contributed by atoms with Gasteiger partial charge < -0.3 is 4.74 Å². The van der Waals surface area contributed by atoms with Crippen LogP contribution in [0.5, 0.6) is 0 Å². The Kier molecular flexibility index (Phi) is 3.57. The second-order valence-corrected chi connectivity index (χ2v) is 7.26. The van der Waals surface area contributed by atoms with E-state index >= 15 is 0 Å². The van der Waals surface area contributed by atoms with Crippen molar-refractivity contribution >= 4 is 0 Å². The summed E-state index contributed by atoms with van der Waals surface area (Å²) in [6.45, 7) is 15.0. The molecule has 2 fully saturated rings. The first-order valence-corrected chi connectivity index (χ1v) is 7.23. The van der Waals surface area contributed by atoms with Gasteiger partial charge in [-0.1, -0.05) is 20.8 Å². The maximum Gasteiger partial charge on any atom is 0.0656 e. The van der Waals surface area contributed by atoms with Crippen LogP contribution in [0.1, 0.15) is 53.9 Å². The Bertz CT molecular complexity index is 269. The summed E-state index contributed by atoms with van der Waals surface area (Å²) in [6, 6.07) is 0. The SMILES string of the molecule is CC(C)OCC12CCCN1CCC2C(C)(C)C. The van der Waals surface area contributed by atoms with Crippen LogP contribution in [0.15, 0.2) is 0 Å². The highest BCUT2D eigenvalue weighted by molar-refractivity contribution is 5.08. The molecule has 2 heterocycles. The third-order valence-electron chi connectivity index (χ3n) is 4.72. The first kappa shape index (κ1) is 13.4. The molecule has 17 heavy (non-hydrogen) atoms. The molecule has 2 aliphatic rings. The fraction of sp³-hybridized carbons (Fsp3) is 1.00. The minimum atomic E-state index is 0.350. The zero-order valence-electron chi connectivity index (χ0n) is 12.3. The van der Waals surface area contributed by atoms with Crippen LogP contribution >= 0.6 is 0 Å². The number of fused-ring (bicyclic) bond motifs is 1. The van der Waals surface area contributed by atoms with Crippen molar-refractivity contribution in [3.05, 3.63) is 0 Å². The van der Waals surface area contributed by atoms with E-state index in [2.05, 4.69) is 39.5 Å². The van der Waals surface area contributed by atoms with E-state index < -0.39 is 0 Å². The number of ether oxygens (including phenoxy) is 1. The van der Waals surface area contributed by atoms with Crippen molar-refractivity contribution < 1.29 is 4.74 Å². The fourth-order valence-corrected chi connectivity index (χ4v) is 4.05. The van der Waals surface area contributed by atoms with Crippen molar-refractivity contribution in [2.75, 3.05) is 19.7 Å². The molecular weight excluding hydrogens is 210 g/mol. The second kappa shape index (κ2) is 4.55. The largest absolute Gasteiger partial charge is 0.377 e. The van der Waals surface area contributed by atoms with Crippen LogP contribution in [-0.4, -0.2) is 36.2 Å². The topological polar surface area (TPSA) is 12.5 Å². The molecule has 0 aromatic heterocycles. The lowest BCUT2D eigenvalue weighted by atomic mass is 9.68. The molecule has 2 atom stereocenters. The van der Waals surface area contributed by atoms with E-state index in [1.165, 1.54) is 32.4 Å². The summed E-state index contributed by atoms with van der Waals surface area (Å²) in [6.07, 6.45) is 4.40. The molecule has 0 bridgehead atoms. The maximum absolute atomic E-state index is 6.01. The number of rotatable bonds is 3. The molecular formula is C15H29NO. The lowest BCUT2D eigenvalue weighted by Crippen LogP contribution is -2.51. The monoisotopic (exact) mass is 239 g/mol. The molecule has 2 rings (SSSR count). The van der Waals surface area contributed by atoms with Crippen molar-refractivity contribution in [3.8, 4) is 0 Å². The molecule has 0 amide bonds. The molecule has 2 nitrogen and oxygen atoms in total. The first-order valence-electron chi connectivity index (χ1n) is 7.23. The molecule has 2 saturated heterocycles. The summed E-state index contributed by atoms with van der Waals surface area (Å²) < 4.78 is 6.01. The lowest BCUT2D eigenvalue weighted by molar-refractivity contribution is -0.0349.